The van der Waals surface area contributed by atoms with Crippen LogP contribution in [0, 0.1) is 5.92 Å². The van der Waals surface area contributed by atoms with E-state index in [1.807, 2.05) is 0 Å². The first-order valence-electron chi connectivity index (χ1n) is 5.74. The summed E-state index contributed by atoms with van der Waals surface area (Å²) >= 11 is 0. The first kappa shape index (κ1) is 14.9. The summed E-state index contributed by atoms with van der Waals surface area (Å²) < 4.78 is 0. The van der Waals surface area contributed by atoms with Gasteiger partial charge in [0.05, 0.1) is 5.92 Å². The number of nitrogens with zero attached hydrogens (tertiary/aromatic N) is 1. The lowest BCUT2D eigenvalue weighted by molar-refractivity contribution is -0.144. The minimum Gasteiger partial charge on any atom is -0.481 e. The monoisotopic (exact) mass is 230 g/mol. The van der Waals surface area contributed by atoms with E-state index in [9.17, 15) is 9.59 Å². The highest BCUT2D eigenvalue weighted by Gasteiger charge is 2.19. The Kier molecular flexibility index (Phi) is 7.54. The van der Waals surface area contributed by atoms with Gasteiger partial charge in [-0.05, 0) is 32.5 Å². The highest BCUT2D eigenvalue weighted by atomic mass is 16.4. The Bertz CT molecular complexity index is 227. The number of aliphatic carboxylic acids is 1. The molecule has 0 aromatic heterocycles. The zero-order valence-electron chi connectivity index (χ0n) is 10.1. The fraction of sp³-hybridized carbons (Fsp3) is 0.818. The molecule has 0 fully saturated rings. The van der Waals surface area contributed by atoms with Crippen LogP contribution in [-0.2, 0) is 9.59 Å². The van der Waals surface area contributed by atoms with Crippen molar-refractivity contribution in [2.45, 2.75) is 33.1 Å². The zero-order chi connectivity index (χ0) is 12.6. The molecule has 5 heteroatoms. The molecule has 0 aliphatic rings. The molecule has 0 radical (unpaired) electrons. The van der Waals surface area contributed by atoms with E-state index in [0.29, 0.717) is 6.42 Å². The third kappa shape index (κ3) is 6.40. The number of amides is 1. The number of hydrogen-bond donors (Lipinski definition) is 2. The fourth-order valence-corrected chi connectivity index (χ4v) is 1.66. The number of nitrogens with two attached hydrogens (primary N) is 1. The molecule has 0 aromatic carbocycles. The molecule has 0 spiro atoms. The van der Waals surface area contributed by atoms with Gasteiger partial charge in [0.15, 0.2) is 0 Å². The molecule has 1 amide bonds. The van der Waals surface area contributed by atoms with Crippen LogP contribution < -0.4 is 5.73 Å². The Morgan fingerprint density at radius 1 is 1.31 bits per heavy atom. The topological polar surface area (TPSA) is 83.6 Å². The van der Waals surface area contributed by atoms with E-state index in [2.05, 4.69) is 18.7 Å². The molecule has 0 heterocycles. The van der Waals surface area contributed by atoms with E-state index in [4.69, 9.17) is 10.8 Å². The zero-order valence-corrected chi connectivity index (χ0v) is 10.1. The molecule has 16 heavy (non-hydrogen) atoms. The highest BCUT2D eigenvalue weighted by Crippen LogP contribution is 2.11. The van der Waals surface area contributed by atoms with Gasteiger partial charge in [0.25, 0.3) is 0 Å². The second-order valence-electron chi connectivity index (χ2n) is 3.87. The summed E-state index contributed by atoms with van der Waals surface area (Å²) in [6.45, 7) is 6.94. The summed E-state index contributed by atoms with van der Waals surface area (Å²) in [7, 11) is 0. The fourth-order valence-electron chi connectivity index (χ4n) is 1.66. The van der Waals surface area contributed by atoms with Crippen LogP contribution in [0.3, 0.4) is 0 Å². The Morgan fingerprint density at radius 3 is 2.25 bits per heavy atom. The van der Waals surface area contributed by atoms with Gasteiger partial charge in [-0.3, -0.25) is 9.59 Å². The minimum atomic E-state index is -0.932. The van der Waals surface area contributed by atoms with Crippen LogP contribution >= 0.6 is 0 Å². The summed E-state index contributed by atoms with van der Waals surface area (Å²) in [6, 6.07) is 0. The molecule has 0 aliphatic carbocycles. The van der Waals surface area contributed by atoms with Crippen molar-refractivity contribution in [3.8, 4) is 0 Å². The number of carbonyl (C=O) groups is 2. The molecule has 0 aromatic rings. The maximum atomic E-state index is 10.8. The van der Waals surface area contributed by atoms with Crippen molar-refractivity contribution < 1.29 is 14.7 Å². The van der Waals surface area contributed by atoms with Gasteiger partial charge in [-0.25, -0.2) is 0 Å². The molecule has 0 bridgehead atoms. The molecular weight excluding hydrogens is 208 g/mol. The van der Waals surface area contributed by atoms with Crippen molar-refractivity contribution in [1.82, 2.24) is 4.90 Å². The number of primary amides is 1. The maximum absolute atomic E-state index is 10.8. The summed E-state index contributed by atoms with van der Waals surface area (Å²) in [5.41, 5.74) is 5.00. The summed E-state index contributed by atoms with van der Waals surface area (Å²) in [5.74, 6) is -2.11. The largest absolute Gasteiger partial charge is 0.481 e. The van der Waals surface area contributed by atoms with Crippen molar-refractivity contribution in [1.29, 1.82) is 0 Å². The van der Waals surface area contributed by atoms with E-state index in [-0.39, 0.29) is 6.42 Å². The molecule has 1 unspecified atom stereocenters. The summed E-state index contributed by atoms with van der Waals surface area (Å²) in [6.07, 6.45) is 1.23. The Labute approximate surface area is 96.6 Å². The quantitative estimate of drug-likeness (QED) is 0.610. The van der Waals surface area contributed by atoms with Crippen LogP contribution in [-0.4, -0.2) is 41.5 Å². The standard InChI is InChI=1S/C11H22N2O3/c1-3-13(4-2)7-5-6-9(11(15)16)8-10(12)14/h9H,3-8H2,1-2H3,(H2,12,14)(H,15,16). The van der Waals surface area contributed by atoms with E-state index in [1.54, 1.807) is 0 Å². The van der Waals surface area contributed by atoms with Crippen molar-refractivity contribution >= 4 is 11.9 Å². The predicted octanol–water partition coefficient (Wildman–Crippen LogP) is 0.685. The van der Waals surface area contributed by atoms with Crippen molar-refractivity contribution in [3.63, 3.8) is 0 Å². The number of hydrogen-bond acceptors (Lipinski definition) is 3. The van der Waals surface area contributed by atoms with Crippen LogP contribution in [0.25, 0.3) is 0 Å². The molecule has 0 aliphatic heterocycles. The lowest BCUT2D eigenvalue weighted by Gasteiger charge is -2.18. The number of carboxylic acid groups (broad SMARTS) is 1. The first-order chi connectivity index (χ1) is 7.51. The van der Waals surface area contributed by atoms with Crippen LogP contribution in [0.15, 0.2) is 0 Å². The molecular formula is C11H22N2O3. The van der Waals surface area contributed by atoms with E-state index in [1.165, 1.54) is 0 Å². The van der Waals surface area contributed by atoms with Gasteiger partial charge >= 0.3 is 5.97 Å². The Hall–Kier alpha value is -1.10. The van der Waals surface area contributed by atoms with Gasteiger partial charge in [0.1, 0.15) is 0 Å². The van der Waals surface area contributed by atoms with E-state index in [0.717, 1.165) is 26.1 Å². The van der Waals surface area contributed by atoms with Gasteiger partial charge in [-0.15, -0.1) is 0 Å². The van der Waals surface area contributed by atoms with Gasteiger partial charge in [0, 0.05) is 6.42 Å². The number of carbonyl (C=O) groups excluding carboxylic acids is 1. The van der Waals surface area contributed by atoms with Gasteiger partial charge in [-0.1, -0.05) is 13.8 Å². The Morgan fingerprint density at radius 2 is 1.88 bits per heavy atom. The maximum Gasteiger partial charge on any atom is 0.307 e. The van der Waals surface area contributed by atoms with Gasteiger partial charge in [0.2, 0.25) is 5.91 Å². The SMILES string of the molecule is CCN(CC)CCCC(CC(N)=O)C(=O)O. The summed E-state index contributed by atoms with van der Waals surface area (Å²) in [4.78, 5) is 23.7. The number of carboxylic acids is 1. The first-order valence-corrected chi connectivity index (χ1v) is 5.74. The van der Waals surface area contributed by atoms with Crippen molar-refractivity contribution in [2.75, 3.05) is 19.6 Å². The van der Waals surface area contributed by atoms with Crippen LogP contribution in [0.1, 0.15) is 33.1 Å². The second-order valence-corrected chi connectivity index (χ2v) is 3.87. The third-order valence-corrected chi connectivity index (χ3v) is 2.72. The van der Waals surface area contributed by atoms with E-state index < -0.39 is 17.8 Å². The minimum absolute atomic E-state index is 0.0619. The van der Waals surface area contributed by atoms with Crippen molar-refractivity contribution in [3.05, 3.63) is 0 Å². The molecule has 5 nitrogen and oxygen atoms in total. The third-order valence-electron chi connectivity index (χ3n) is 2.72. The van der Waals surface area contributed by atoms with Crippen LogP contribution in [0.2, 0.25) is 0 Å². The Balaban J connectivity index is 3.93. The summed E-state index contributed by atoms with van der Waals surface area (Å²) in [5, 5.41) is 8.88. The molecule has 1 atom stereocenters. The molecule has 0 saturated heterocycles. The number of rotatable bonds is 9. The lowest BCUT2D eigenvalue weighted by Crippen LogP contribution is -2.26. The molecule has 0 rings (SSSR count). The second kappa shape index (κ2) is 8.10. The van der Waals surface area contributed by atoms with Crippen molar-refractivity contribution in [2.24, 2.45) is 11.7 Å². The lowest BCUT2D eigenvalue weighted by atomic mass is 9.99. The van der Waals surface area contributed by atoms with Crippen LogP contribution in [0.4, 0.5) is 0 Å². The van der Waals surface area contributed by atoms with E-state index >= 15 is 0 Å². The van der Waals surface area contributed by atoms with Crippen LogP contribution in [0.5, 0.6) is 0 Å². The smallest absolute Gasteiger partial charge is 0.307 e. The highest BCUT2D eigenvalue weighted by molar-refractivity contribution is 5.80. The molecule has 3 N–H and O–H groups in total. The predicted molar refractivity (Wildman–Crippen MR) is 62.0 cm³/mol. The van der Waals surface area contributed by atoms with Gasteiger partial charge in [-0.2, -0.15) is 0 Å². The average Bonchev–Trinajstić information content (AvgIpc) is 2.22. The molecule has 94 valence electrons. The normalized spacial score (nSPS) is 12.7. The average molecular weight is 230 g/mol. The van der Waals surface area contributed by atoms with Gasteiger partial charge < -0.3 is 15.7 Å². The molecule has 0 saturated carbocycles.